The van der Waals surface area contributed by atoms with Gasteiger partial charge in [-0.15, -0.1) is 0 Å². The second kappa shape index (κ2) is 36.1. The molecule has 2 atom stereocenters. The van der Waals surface area contributed by atoms with E-state index in [2.05, 4.69) is 38.2 Å². The first-order chi connectivity index (χ1) is 25.5. The van der Waals surface area contributed by atoms with Gasteiger partial charge in [-0.25, -0.2) is 4.57 Å². The Kier molecular flexibility index (Phi) is 35.1. The van der Waals surface area contributed by atoms with Crippen molar-refractivity contribution in [1.82, 2.24) is 0 Å². The Bertz CT molecular complexity index is 964. The van der Waals surface area contributed by atoms with Crippen LogP contribution < -0.4 is 0 Å². The average molecular weight is 773 g/mol. The highest BCUT2D eigenvalue weighted by atomic mass is 31.2. The zero-order valence-corrected chi connectivity index (χ0v) is 35.9. The molecule has 0 saturated heterocycles. The van der Waals surface area contributed by atoms with Gasteiger partial charge in [-0.2, -0.15) is 0 Å². The minimum Gasteiger partial charge on any atom is -0.462 e. The Morgan fingerprint density at radius 3 is 1.57 bits per heavy atom. The molecule has 9 nitrogen and oxygen atoms in total. The van der Waals surface area contributed by atoms with Crippen molar-refractivity contribution in [3.63, 3.8) is 0 Å². The van der Waals surface area contributed by atoms with Crippen molar-refractivity contribution in [3.8, 4) is 0 Å². The van der Waals surface area contributed by atoms with Crippen molar-refractivity contribution in [3.05, 3.63) is 24.3 Å². The molecule has 0 saturated carbocycles. The molecule has 0 amide bonds. The van der Waals surface area contributed by atoms with Crippen molar-refractivity contribution in [2.45, 2.75) is 193 Å². The summed E-state index contributed by atoms with van der Waals surface area (Å²) in [6, 6.07) is 0. The van der Waals surface area contributed by atoms with E-state index in [1.54, 1.807) is 0 Å². The van der Waals surface area contributed by atoms with Crippen LogP contribution in [-0.4, -0.2) is 74.9 Å². The highest BCUT2D eigenvalue weighted by molar-refractivity contribution is 7.47. The number of hydrogen-bond acceptors (Lipinski definition) is 7. The molecule has 2 unspecified atom stereocenters. The molecule has 0 fully saturated rings. The van der Waals surface area contributed by atoms with Crippen molar-refractivity contribution in [2.75, 3.05) is 47.5 Å². The summed E-state index contributed by atoms with van der Waals surface area (Å²) in [4.78, 5) is 35.3. The number of likely N-dealkylation sites (N-methyl/N-ethyl adjacent to an activating group) is 1. The lowest BCUT2D eigenvalue weighted by Gasteiger charge is -2.24. The molecule has 0 aliphatic carbocycles. The van der Waals surface area contributed by atoms with Crippen LogP contribution in [0, 0.1) is 0 Å². The summed E-state index contributed by atoms with van der Waals surface area (Å²) >= 11 is 0. The number of rotatable bonds is 39. The number of esters is 2. The van der Waals surface area contributed by atoms with E-state index >= 15 is 0 Å². The van der Waals surface area contributed by atoms with Crippen LogP contribution in [0.4, 0.5) is 0 Å². The molecule has 10 heteroatoms. The molecule has 312 valence electrons. The van der Waals surface area contributed by atoms with Crippen LogP contribution in [0.5, 0.6) is 0 Å². The van der Waals surface area contributed by atoms with E-state index in [1.807, 2.05) is 21.1 Å². The van der Waals surface area contributed by atoms with Gasteiger partial charge in [0.15, 0.2) is 6.10 Å². The molecular weight excluding hydrogens is 689 g/mol. The van der Waals surface area contributed by atoms with Gasteiger partial charge in [0.2, 0.25) is 0 Å². The quantitative estimate of drug-likeness (QED) is 0.0216. The number of quaternary nitrogens is 1. The first-order valence-corrected chi connectivity index (χ1v) is 23.1. The maximum atomic E-state index is 12.6. The van der Waals surface area contributed by atoms with Crippen LogP contribution >= 0.6 is 7.82 Å². The molecular formula is C43H83NO8P+. The van der Waals surface area contributed by atoms with Gasteiger partial charge in [-0.3, -0.25) is 18.6 Å². The molecule has 1 N–H and O–H groups in total. The monoisotopic (exact) mass is 773 g/mol. The van der Waals surface area contributed by atoms with Crippen LogP contribution in [0.3, 0.4) is 0 Å². The molecule has 0 aromatic carbocycles. The molecule has 53 heavy (non-hydrogen) atoms. The van der Waals surface area contributed by atoms with Gasteiger partial charge >= 0.3 is 19.8 Å². The first-order valence-electron chi connectivity index (χ1n) is 21.6. The smallest absolute Gasteiger partial charge is 0.462 e. The second-order valence-corrected chi connectivity index (χ2v) is 17.2. The summed E-state index contributed by atoms with van der Waals surface area (Å²) in [5.74, 6) is -0.809. The lowest BCUT2D eigenvalue weighted by atomic mass is 10.0. The van der Waals surface area contributed by atoms with Gasteiger partial charge < -0.3 is 18.9 Å². The molecule has 0 aliphatic heterocycles. The largest absolute Gasteiger partial charge is 0.472 e. The minimum absolute atomic E-state index is 0.0305. The summed E-state index contributed by atoms with van der Waals surface area (Å²) in [5, 5.41) is 0. The molecule has 0 rings (SSSR count). The molecule has 0 aromatic heterocycles. The number of nitrogens with zero attached hydrogens (tertiary/aromatic N) is 1. The van der Waals surface area contributed by atoms with E-state index in [0.717, 1.165) is 64.2 Å². The Hall–Kier alpha value is -1.51. The van der Waals surface area contributed by atoms with E-state index in [1.165, 1.54) is 89.9 Å². The van der Waals surface area contributed by atoms with Gasteiger partial charge in [0.05, 0.1) is 27.7 Å². The van der Waals surface area contributed by atoms with Gasteiger partial charge in [-0.05, 0) is 38.5 Å². The highest BCUT2D eigenvalue weighted by Crippen LogP contribution is 2.43. The number of allylic oxidation sites excluding steroid dienone is 4. The molecule has 0 aromatic rings. The maximum Gasteiger partial charge on any atom is 0.472 e. The normalized spacial score (nSPS) is 13.8. The van der Waals surface area contributed by atoms with E-state index in [4.69, 9.17) is 18.5 Å². The minimum atomic E-state index is -4.37. The number of ether oxygens (including phenoxy) is 2. The standard InChI is InChI=1S/C43H82NO8P/c1-6-8-10-12-14-16-18-20-21-22-24-25-27-29-31-33-35-42(45)49-39-41(40-51-53(47,48)50-38-37-44(3,4)5)52-43(46)36-34-32-30-28-26-23-19-17-15-13-11-9-7-2/h11,13,17,19,41H,6-10,12,14-16,18,20-40H2,1-5H3/p+1/b13-11-,19-17-. The first kappa shape index (κ1) is 51.5. The lowest BCUT2D eigenvalue weighted by molar-refractivity contribution is -0.870. The summed E-state index contributed by atoms with van der Waals surface area (Å²) in [7, 11) is 1.47. The number of unbranched alkanes of at least 4 members (excludes halogenated alkanes) is 21. The van der Waals surface area contributed by atoms with Crippen molar-refractivity contribution >= 4 is 19.8 Å². The van der Waals surface area contributed by atoms with Crippen molar-refractivity contribution in [1.29, 1.82) is 0 Å². The van der Waals surface area contributed by atoms with E-state index in [0.29, 0.717) is 23.9 Å². The van der Waals surface area contributed by atoms with E-state index < -0.39 is 26.5 Å². The van der Waals surface area contributed by atoms with Crippen LogP contribution in [-0.2, 0) is 32.7 Å². The van der Waals surface area contributed by atoms with E-state index in [-0.39, 0.29) is 25.6 Å². The predicted octanol–water partition coefficient (Wildman–Crippen LogP) is 12.0. The zero-order valence-electron chi connectivity index (χ0n) is 35.0. The van der Waals surface area contributed by atoms with Crippen LogP contribution in [0.1, 0.15) is 187 Å². The molecule has 0 bridgehead atoms. The highest BCUT2D eigenvalue weighted by Gasteiger charge is 2.27. The molecule has 0 spiro atoms. The second-order valence-electron chi connectivity index (χ2n) is 15.7. The lowest BCUT2D eigenvalue weighted by Crippen LogP contribution is -2.37. The summed E-state index contributed by atoms with van der Waals surface area (Å²) in [6.07, 6.45) is 37.9. The Morgan fingerprint density at radius 1 is 0.585 bits per heavy atom. The Balaban J connectivity index is 4.35. The van der Waals surface area contributed by atoms with Crippen LogP contribution in [0.2, 0.25) is 0 Å². The summed E-state index contributed by atoms with van der Waals surface area (Å²) in [5.41, 5.74) is 0. The predicted molar refractivity (Wildman–Crippen MR) is 220 cm³/mol. The third kappa shape index (κ3) is 40.0. The fraction of sp³-hybridized carbons (Fsp3) is 0.860. The maximum absolute atomic E-state index is 12.6. The third-order valence-electron chi connectivity index (χ3n) is 9.22. The van der Waals surface area contributed by atoms with Crippen molar-refractivity contribution < 1.29 is 42.1 Å². The molecule has 0 aliphatic rings. The topological polar surface area (TPSA) is 108 Å². The SMILES string of the molecule is CCC/C=C\C/C=C\CCCCCCCC(=O)OC(COC(=O)CCCCCCCCCCCCCCCCCC)COP(=O)(O)OCC[N+](C)(C)C. The number of carbonyl (C=O) groups excluding carboxylic acids is 2. The van der Waals surface area contributed by atoms with Gasteiger partial charge in [0.1, 0.15) is 19.8 Å². The van der Waals surface area contributed by atoms with Gasteiger partial charge in [0, 0.05) is 12.8 Å². The number of carbonyl (C=O) groups is 2. The van der Waals surface area contributed by atoms with Crippen LogP contribution in [0.25, 0.3) is 0 Å². The Labute approximate surface area is 326 Å². The summed E-state index contributed by atoms with van der Waals surface area (Å²) < 4.78 is 34.3. The fourth-order valence-corrected chi connectivity index (χ4v) is 6.56. The van der Waals surface area contributed by atoms with Crippen LogP contribution in [0.15, 0.2) is 24.3 Å². The molecule has 0 heterocycles. The summed E-state index contributed by atoms with van der Waals surface area (Å²) in [6.45, 7) is 4.35. The third-order valence-corrected chi connectivity index (χ3v) is 10.2. The van der Waals surface area contributed by atoms with Gasteiger partial charge in [-0.1, -0.05) is 160 Å². The molecule has 0 radical (unpaired) electrons. The fourth-order valence-electron chi connectivity index (χ4n) is 5.82. The Morgan fingerprint density at radius 2 is 1.06 bits per heavy atom. The van der Waals surface area contributed by atoms with Gasteiger partial charge in [0.25, 0.3) is 0 Å². The number of phosphoric acid groups is 1. The average Bonchev–Trinajstić information content (AvgIpc) is 3.10. The van der Waals surface area contributed by atoms with Crippen molar-refractivity contribution in [2.24, 2.45) is 0 Å². The number of hydrogen-bond donors (Lipinski definition) is 1. The number of phosphoric ester groups is 1. The van der Waals surface area contributed by atoms with E-state index in [9.17, 15) is 19.0 Å². The zero-order chi connectivity index (χ0) is 39.3.